The van der Waals surface area contributed by atoms with Crippen molar-refractivity contribution in [1.29, 1.82) is 5.26 Å². The average Bonchev–Trinajstić information content (AvgIpc) is 3.42. The zero-order chi connectivity index (χ0) is 17.9. The molecule has 1 aliphatic heterocycles. The second kappa shape index (κ2) is 6.98. The number of likely N-dealkylation sites (tertiary alicyclic amines) is 1. The van der Waals surface area contributed by atoms with Gasteiger partial charge in [-0.2, -0.15) is 10.4 Å². The molecule has 0 saturated carbocycles. The fourth-order valence-corrected chi connectivity index (χ4v) is 3.78. The lowest BCUT2D eigenvalue weighted by molar-refractivity contribution is -0.119. The van der Waals surface area contributed by atoms with E-state index in [1.54, 1.807) is 22.0 Å². The third kappa shape index (κ3) is 3.30. The van der Waals surface area contributed by atoms with Crippen LogP contribution in [0.5, 0.6) is 0 Å². The van der Waals surface area contributed by atoms with Gasteiger partial charge in [-0.05, 0) is 30.2 Å². The van der Waals surface area contributed by atoms with Gasteiger partial charge < -0.3 is 10.2 Å². The van der Waals surface area contributed by atoms with Gasteiger partial charge in [0.15, 0.2) is 11.3 Å². The van der Waals surface area contributed by atoms with Crippen LogP contribution in [0.3, 0.4) is 0 Å². The molecule has 26 heavy (non-hydrogen) atoms. The fourth-order valence-electron chi connectivity index (χ4n) is 2.96. The van der Waals surface area contributed by atoms with E-state index in [2.05, 4.69) is 21.6 Å². The topological polar surface area (TPSA) is 86.8 Å². The van der Waals surface area contributed by atoms with Crippen molar-refractivity contribution in [3.63, 3.8) is 0 Å². The minimum atomic E-state index is -0.162. The van der Waals surface area contributed by atoms with Crippen molar-refractivity contribution in [3.05, 3.63) is 48.9 Å². The number of amides is 1. The minimum Gasteiger partial charge on any atom is -0.310 e. The summed E-state index contributed by atoms with van der Waals surface area (Å²) in [6.07, 6.45) is 8.18. The van der Waals surface area contributed by atoms with Crippen LogP contribution in [-0.4, -0.2) is 38.7 Å². The third-order valence-electron chi connectivity index (χ3n) is 4.34. The molecule has 130 valence electrons. The SMILES string of the molecule is N#CN1CC[C@H](C(=O)Nc2ncc(-c3cccc(-n4cccn4)c3)s2)C1. The first-order valence-electron chi connectivity index (χ1n) is 8.25. The van der Waals surface area contributed by atoms with Crippen LogP contribution in [0, 0.1) is 17.4 Å². The van der Waals surface area contributed by atoms with Crippen LogP contribution in [0.15, 0.2) is 48.9 Å². The first kappa shape index (κ1) is 16.3. The number of nitrogens with zero attached hydrogens (tertiary/aromatic N) is 5. The predicted octanol–water partition coefficient (Wildman–Crippen LogP) is 2.74. The van der Waals surface area contributed by atoms with Gasteiger partial charge in [0.2, 0.25) is 5.91 Å². The van der Waals surface area contributed by atoms with Crippen molar-refractivity contribution < 1.29 is 4.79 Å². The Labute approximate surface area is 154 Å². The van der Waals surface area contributed by atoms with Crippen LogP contribution >= 0.6 is 11.3 Å². The summed E-state index contributed by atoms with van der Waals surface area (Å²) in [7, 11) is 0. The maximum atomic E-state index is 12.3. The van der Waals surface area contributed by atoms with Gasteiger partial charge in [-0.3, -0.25) is 4.79 Å². The standard InChI is InChI=1S/C18H16N6OS/c19-12-23-8-5-14(11-23)17(25)22-18-20-10-16(26-18)13-3-1-4-15(9-13)24-7-2-6-21-24/h1-4,6-7,9-10,14H,5,8,11H2,(H,20,22,25)/t14-/m0/s1. The molecule has 0 spiro atoms. The Bertz CT molecular complexity index is 958. The van der Waals surface area contributed by atoms with Crippen molar-refractivity contribution in [3.8, 4) is 22.3 Å². The van der Waals surface area contributed by atoms with Gasteiger partial charge in [0.1, 0.15) is 0 Å². The van der Waals surface area contributed by atoms with Crippen molar-refractivity contribution in [1.82, 2.24) is 19.7 Å². The summed E-state index contributed by atoms with van der Waals surface area (Å²) in [6, 6.07) is 9.88. The number of aromatic nitrogens is 3. The van der Waals surface area contributed by atoms with Crippen LogP contribution < -0.4 is 5.32 Å². The molecule has 1 atom stereocenters. The molecule has 4 rings (SSSR count). The normalized spacial score (nSPS) is 16.4. The van der Waals surface area contributed by atoms with Gasteiger partial charge in [0.25, 0.3) is 0 Å². The molecule has 8 heteroatoms. The molecule has 0 unspecified atom stereocenters. The molecule has 1 aromatic carbocycles. The molecule has 7 nitrogen and oxygen atoms in total. The van der Waals surface area contributed by atoms with Gasteiger partial charge in [0.05, 0.1) is 16.5 Å². The zero-order valence-corrected chi connectivity index (χ0v) is 14.7. The van der Waals surface area contributed by atoms with E-state index in [9.17, 15) is 4.79 Å². The number of rotatable bonds is 4. The molecule has 1 amide bonds. The molecular formula is C18H16N6OS. The number of nitriles is 1. The Kier molecular flexibility index (Phi) is 4.37. The molecule has 3 heterocycles. The summed E-state index contributed by atoms with van der Waals surface area (Å²) >= 11 is 1.43. The van der Waals surface area contributed by atoms with Crippen LogP contribution in [0.4, 0.5) is 5.13 Å². The van der Waals surface area contributed by atoms with Crippen molar-refractivity contribution >= 4 is 22.4 Å². The van der Waals surface area contributed by atoms with Crippen LogP contribution in [0.2, 0.25) is 0 Å². The quantitative estimate of drug-likeness (QED) is 0.719. The Hall–Kier alpha value is -3.18. The van der Waals surface area contributed by atoms with E-state index in [0.29, 0.717) is 24.6 Å². The number of carbonyl (C=O) groups excluding carboxylic acids is 1. The molecule has 1 aliphatic rings. The molecule has 1 saturated heterocycles. The highest BCUT2D eigenvalue weighted by Gasteiger charge is 2.28. The molecule has 0 aliphatic carbocycles. The molecule has 2 aromatic heterocycles. The first-order chi connectivity index (χ1) is 12.7. The minimum absolute atomic E-state index is 0.0751. The van der Waals surface area contributed by atoms with Crippen molar-refractivity contribution in [2.75, 3.05) is 18.4 Å². The van der Waals surface area contributed by atoms with E-state index < -0.39 is 0 Å². The highest BCUT2D eigenvalue weighted by molar-refractivity contribution is 7.19. The largest absolute Gasteiger partial charge is 0.310 e. The fraction of sp³-hybridized carbons (Fsp3) is 0.222. The second-order valence-electron chi connectivity index (χ2n) is 6.05. The smallest absolute Gasteiger partial charge is 0.231 e. The predicted molar refractivity (Wildman–Crippen MR) is 98.6 cm³/mol. The summed E-state index contributed by atoms with van der Waals surface area (Å²) in [4.78, 5) is 19.2. The summed E-state index contributed by atoms with van der Waals surface area (Å²) in [6.45, 7) is 1.12. The number of hydrogen-bond donors (Lipinski definition) is 1. The molecular weight excluding hydrogens is 348 g/mol. The van der Waals surface area contributed by atoms with E-state index in [0.717, 1.165) is 16.1 Å². The molecule has 1 N–H and O–H groups in total. The zero-order valence-electron chi connectivity index (χ0n) is 13.9. The Morgan fingerprint density at radius 3 is 3.08 bits per heavy atom. The van der Waals surface area contributed by atoms with Crippen LogP contribution in [-0.2, 0) is 4.79 Å². The number of nitrogens with one attached hydrogen (secondary N) is 1. The highest BCUT2D eigenvalue weighted by atomic mass is 32.1. The lowest BCUT2D eigenvalue weighted by Gasteiger charge is -2.08. The highest BCUT2D eigenvalue weighted by Crippen LogP contribution is 2.30. The van der Waals surface area contributed by atoms with Crippen LogP contribution in [0.1, 0.15) is 6.42 Å². The van der Waals surface area contributed by atoms with E-state index in [-0.39, 0.29) is 11.8 Å². The summed E-state index contributed by atoms with van der Waals surface area (Å²) in [5, 5.41) is 16.6. The number of anilines is 1. The van der Waals surface area contributed by atoms with Gasteiger partial charge in [-0.15, -0.1) is 0 Å². The van der Waals surface area contributed by atoms with Gasteiger partial charge in [0, 0.05) is 31.7 Å². The molecule has 0 bridgehead atoms. The van der Waals surface area contributed by atoms with E-state index >= 15 is 0 Å². The number of benzene rings is 1. The lowest BCUT2D eigenvalue weighted by atomic mass is 10.1. The van der Waals surface area contributed by atoms with Gasteiger partial charge in [-0.1, -0.05) is 23.5 Å². The number of carbonyl (C=O) groups is 1. The monoisotopic (exact) mass is 364 g/mol. The Morgan fingerprint density at radius 1 is 1.38 bits per heavy atom. The molecule has 0 radical (unpaired) electrons. The summed E-state index contributed by atoms with van der Waals surface area (Å²) < 4.78 is 1.80. The number of hydrogen-bond acceptors (Lipinski definition) is 6. The van der Waals surface area contributed by atoms with Gasteiger partial charge >= 0.3 is 0 Å². The Morgan fingerprint density at radius 2 is 2.31 bits per heavy atom. The Balaban J connectivity index is 1.48. The van der Waals surface area contributed by atoms with Crippen molar-refractivity contribution in [2.45, 2.75) is 6.42 Å². The lowest BCUT2D eigenvalue weighted by Crippen LogP contribution is -2.25. The van der Waals surface area contributed by atoms with E-state index in [1.807, 2.05) is 36.5 Å². The van der Waals surface area contributed by atoms with Crippen molar-refractivity contribution in [2.24, 2.45) is 5.92 Å². The third-order valence-corrected chi connectivity index (χ3v) is 5.30. The first-order valence-corrected chi connectivity index (χ1v) is 9.06. The maximum Gasteiger partial charge on any atom is 0.231 e. The van der Waals surface area contributed by atoms with E-state index in [1.165, 1.54) is 11.3 Å². The average molecular weight is 364 g/mol. The second-order valence-corrected chi connectivity index (χ2v) is 7.08. The summed E-state index contributed by atoms with van der Waals surface area (Å²) in [5.74, 6) is -0.237. The summed E-state index contributed by atoms with van der Waals surface area (Å²) in [5.41, 5.74) is 1.99. The molecule has 3 aromatic rings. The van der Waals surface area contributed by atoms with E-state index in [4.69, 9.17) is 5.26 Å². The maximum absolute atomic E-state index is 12.3. The van der Waals surface area contributed by atoms with Gasteiger partial charge in [-0.25, -0.2) is 9.67 Å². The molecule has 1 fully saturated rings. The number of thiazole rings is 1. The van der Waals surface area contributed by atoms with Crippen LogP contribution in [0.25, 0.3) is 16.1 Å².